The lowest BCUT2D eigenvalue weighted by Gasteiger charge is -2.17. The molecule has 0 radical (unpaired) electrons. The fraction of sp³-hybridized carbons (Fsp3) is 0.714. The van der Waals surface area contributed by atoms with E-state index in [0.717, 1.165) is 24.2 Å². The second-order valence-electron chi connectivity index (χ2n) is 5.18. The summed E-state index contributed by atoms with van der Waals surface area (Å²) in [5, 5.41) is 3.19. The molecule has 0 aliphatic heterocycles. The van der Waals surface area contributed by atoms with E-state index in [2.05, 4.69) is 15.3 Å². The molecule has 0 unspecified atom stereocenters. The third kappa shape index (κ3) is 4.98. The Kier molecular flexibility index (Phi) is 5.77. The number of alkyl halides is 3. The van der Waals surface area contributed by atoms with E-state index < -0.39 is 12.6 Å². The molecule has 1 heterocycles. The molecule has 114 valence electrons. The van der Waals surface area contributed by atoms with E-state index in [1.165, 1.54) is 0 Å². The Labute approximate surface area is 118 Å². The Morgan fingerprint density at radius 3 is 2.35 bits per heavy atom. The molecule has 0 aliphatic rings. The number of anilines is 1. The monoisotopic (exact) mass is 289 g/mol. The Morgan fingerprint density at radius 1 is 1.20 bits per heavy atom. The summed E-state index contributed by atoms with van der Waals surface area (Å²) < 4.78 is 36.8. The average molecular weight is 289 g/mol. The van der Waals surface area contributed by atoms with E-state index >= 15 is 0 Å². The van der Waals surface area contributed by atoms with Crippen molar-refractivity contribution < 1.29 is 13.2 Å². The molecule has 0 aliphatic carbocycles. The Hall–Kier alpha value is -1.33. The lowest BCUT2D eigenvalue weighted by Crippen LogP contribution is -2.14. The number of rotatable bonds is 6. The second-order valence-corrected chi connectivity index (χ2v) is 5.18. The minimum absolute atomic E-state index is 0.177. The molecule has 1 rings (SSSR count). The highest BCUT2D eigenvalue weighted by Crippen LogP contribution is 2.27. The predicted molar refractivity (Wildman–Crippen MR) is 74.0 cm³/mol. The first-order chi connectivity index (χ1) is 9.24. The van der Waals surface area contributed by atoms with E-state index in [1.54, 1.807) is 0 Å². The van der Waals surface area contributed by atoms with Crippen LogP contribution in [-0.4, -0.2) is 22.7 Å². The Balaban J connectivity index is 3.01. The van der Waals surface area contributed by atoms with E-state index in [1.807, 2.05) is 27.7 Å². The molecule has 0 fully saturated rings. The van der Waals surface area contributed by atoms with Crippen molar-refractivity contribution >= 4 is 5.82 Å². The maximum atomic E-state index is 12.3. The fourth-order valence-corrected chi connectivity index (χ4v) is 2.07. The van der Waals surface area contributed by atoms with Gasteiger partial charge in [0.05, 0.1) is 6.42 Å². The van der Waals surface area contributed by atoms with Crippen LogP contribution in [0.3, 0.4) is 0 Å². The van der Waals surface area contributed by atoms with Crippen LogP contribution in [0.1, 0.15) is 56.6 Å². The molecule has 20 heavy (non-hydrogen) atoms. The minimum atomic E-state index is -4.18. The van der Waals surface area contributed by atoms with Gasteiger partial charge in [-0.15, -0.1) is 0 Å². The van der Waals surface area contributed by atoms with Gasteiger partial charge in [-0.2, -0.15) is 13.2 Å². The van der Waals surface area contributed by atoms with Gasteiger partial charge < -0.3 is 5.32 Å². The summed E-state index contributed by atoms with van der Waals surface area (Å²) in [5.41, 5.74) is 1.74. The molecule has 1 aromatic heterocycles. The number of nitrogens with zero attached hydrogens (tertiary/aromatic N) is 2. The van der Waals surface area contributed by atoms with Gasteiger partial charge in [0.25, 0.3) is 0 Å². The predicted octanol–water partition coefficient (Wildman–Crippen LogP) is 4.23. The van der Waals surface area contributed by atoms with Crippen LogP contribution in [0.4, 0.5) is 19.0 Å². The van der Waals surface area contributed by atoms with Gasteiger partial charge in [-0.1, -0.05) is 20.8 Å². The molecule has 1 aromatic rings. The summed E-state index contributed by atoms with van der Waals surface area (Å²) in [5.74, 6) is 1.15. The Bertz CT molecular complexity index is 442. The lowest BCUT2D eigenvalue weighted by molar-refractivity contribution is -0.134. The highest BCUT2D eigenvalue weighted by atomic mass is 19.4. The van der Waals surface area contributed by atoms with Crippen molar-refractivity contribution in [3.05, 3.63) is 17.1 Å². The van der Waals surface area contributed by atoms with Crippen molar-refractivity contribution in [2.24, 2.45) is 0 Å². The smallest absolute Gasteiger partial charge is 0.370 e. The molecule has 3 nitrogen and oxygen atoms in total. The molecular weight excluding hydrogens is 267 g/mol. The number of aromatic nitrogens is 2. The highest BCUT2D eigenvalue weighted by Gasteiger charge is 2.27. The van der Waals surface area contributed by atoms with Gasteiger partial charge in [-0.05, 0) is 19.3 Å². The van der Waals surface area contributed by atoms with E-state index in [0.29, 0.717) is 5.82 Å². The van der Waals surface area contributed by atoms with Gasteiger partial charge in [0, 0.05) is 24.2 Å². The first-order valence-corrected chi connectivity index (χ1v) is 6.92. The Morgan fingerprint density at radius 2 is 1.85 bits per heavy atom. The van der Waals surface area contributed by atoms with Gasteiger partial charge in [-0.25, -0.2) is 9.97 Å². The second kappa shape index (κ2) is 6.90. The van der Waals surface area contributed by atoms with Crippen LogP contribution in [0, 0.1) is 6.92 Å². The zero-order valence-electron chi connectivity index (χ0n) is 12.4. The average Bonchev–Trinajstić information content (AvgIpc) is 2.32. The van der Waals surface area contributed by atoms with Gasteiger partial charge in [0.1, 0.15) is 11.6 Å². The van der Waals surface area contributed by atoms with E-state index in [4.69, 9.17) is 0 Å². The van der Waals surface area contributed by atoms with Crippen LogP contribution in [0.15, 0.2) is 0 Å². The fourth-order valence-electron chi connectivity index (χ4n) is 2.07. The molecular formula is C14H22F3N3. The van der Waals surface area contributed by atoms with Gasteiger partial charge in [0.15, 0.2) is 0 Å². The number of nitrogens with one attached hydrogen (secondary N) is 1. The summed E-state index contributed by atoms with van der Waals surface area (Å²) in [4.78, 5) is 8.49. The third-order valence-corrected chi connectivity index (χ3v) is 2.93. The standard InChI is InChI=1S/C14H22F3N3/c1-5-8-18-13-12(9(2)3)10(4)19-11(20-13)6-7-14(15,16)17/h9H,5-8H2,1-4H3,(H,18,19,20). The molecule has 0 amide bonds. The number of hydrogen-bond donors (Lipinski definition) is 1. The largest absolute Gasteiger partial charge is 0.389 e. The van der Waals surface area contributed by atoms with E-state index in [9.17, 15) is 13.2 Å². The van der Waals surface area contributed by atoms with Crippen LogP contribution < -0.4 is 5.32 Å². The zero-order valence-corrected chi connectivity index (χ0v) is 12.4. The van der Waals surface area contributed by atoms with Gasteiger partial charge in [0.2, 0.25) is 0 Å². The SMILES string of the molecule is CCCNc1nc(CCC(F)(F)F)nc(C)c1C(C)C. The summed E-state index contributed by atoms with van der Waals surface area (Å²) in [6, 6.07) is 0. The van der Waals surface area contributed by atoms with Crippen molar-refractivity contribution in [2.75, 3.05) is 11.9 Å². The number of hydrogen-bond acceptors (Lipinski definition) is 3. The number of aryl methyl sites for hydroxylation is 2. The van der Waals surface area contributed by atoms with Crippen LogP contribution in [-0.2, 0) is 6.42 Å². The van der Waals surface area contributed by atoms with Crippen molar-refractivity contribution in [2.45, 2.75) is 59.1 Å². The minimum Gasteiger partial charge on any atom is -0.370 e. The van der Waals surface area contributed by atoms with Crippen molar-refractivity contribution in [3.8, 4) is 0 Å². The molecule has 0 spiro atoms. The molecule has 0 bridgehead atoms. The summed E-state index contributed by atoms with van der Waals surface area (Å²) in [6.45, 7) is 8.65. The summed E-state index contributed by atoms with van der Waals surface area (Å²) in [6.07, 6.45) is -4.31. The van der Waals surface area contributed by atoms with Crippen LogP contribution in [0.2, 0.25) is 0 Å². The molecule has 1 N–H and O–H groups in total. The summed E-state index contributed by atoms with van der Waals surface area (Å²) in [7, 11) is 0. The van der Waals surface area contributed by atoms with Gasteiger partial charge >= 0.3 is 6.18 Å². The maximum absolute atomic E-state index is 12.3. The zero-order chi connectivity index (χ0) is 15.3. The van der Waals surface area contributed by atoms with Crippen LogP contribution >= 0.6 is 0 Å². The van der Waals surface area contributed by atoms with Crippen molar-refractivity contribution in [1.29, 1.82) is 0 Å². The molecule has 0 atom stereocenters. The quantitative estimate of drug-likeness (QED) is 0.851. The first-order valence-electron chi connectivity index (χ1n) is 6.92. The molecule has 0 saturated heterocycles. The highest BCUT2D eigenvalue weighted by molar-refractivity contribution is 5.48. The topological polar surface area (TPSA) is 37.8 Å². The molecule has 6 heteroatoms. The number of halogens is 3. The van der Waals surface area contributed by atoms with Crippen LogP contribution in [0.5, 0.6) is 0 Å². The molecule has 0 aromatic carbocycles. The van der Waals surface area contributed by atoms with Crippen molar-refractivity contribution in [3.63, 3.8) is 0 Å². The lowest BCUT2D eigenvalue weighted by atomic mass is 10.0. The van der Waals surface area contributed by atoms with Crippen molar-refractivity contribution in [1.82, 2.24) is 9.97 Å². The van der Waals surface area contributed by atoms with Crippen LogP contribution in [0.25, 0.3) is 0 Å². The molecule has 0 saturated carbocycles. The van der Waals surface area contributed by atoms with E-state index in [-0.39, 0.29) is 18.2 Å². The summed E-state index contributed by atoms with van der Waals surface area (Å²) >= 11 is 0. The third-order valence-electron chi connectivity index (χ3n) is 2.93. The van der Waals surface area contributed by atoms with Gasteiger partial charge in [-0.3, -0.25) is 0 Å². The normalized spacial score (nSPS) is 12.0. The first kappa shape index (κ1) is 16.7. The maximum Gasteiger partial charge on any atom is 0.389 e.